The van der Waals surface area contributed by atoms with Gasteiger partial charge in [0.15, 0.2) is 0 Å². The Morgan fingerprint density at radius 2 is 1.17 bits per heavy atom. The average molecular weight is 554 g/mol. The molecule has 2 aliphatic rings. The fourth-order valence-electron chi connectivity index (χ4n) is 4.60. The molecule has 0 N–H and O–H groups in total. The normalized spacial score (nSPS) is 18.3. The molecule has 4 heteroatoms. The number of allylic oxidation sites excluding steroid dienone is 8. The van der Waals surface area contributed by atoms with Crippen LogP contribution in [0.1, 0.15) is 66.2 Å². The first-order valence-corrected chi connectivity index (χ1v) is 28.2. The van der Waals surface area contributed by atoms with Crippen molar-refractivity contribution in [3.05, 3.63) is 41.1 Å². The monoisotopic (exact) mass is 554 g/mol. The van der Waals surface area contributed by atoms with Crippen LogP contribution in [0.15, 0.2) is 41.1 Å². The van der Waals surface area contributed by atoms with Crippen LogP contribution < -0.4 is 0 Å². The van der Waals surface area contributed by atoms with Crippen molar-refractivity contribution in [2.24, 2.45) is 0 Å². The van der Waals surface area contributed by atoms with Crippen LogP contribution in [0.3, 0.4) is 0 Å². The quantitative estimate of drug-likeness (QED) is 0.312. The van der Waals surface area contributed by atoms with E-state index >= 15 is 0 Å². The van der Waals surface area contributed by atoms with E-state index in [1.165, 1.54) is 38.5 Å². The van der Waals surface area contributed by atoms with Crippen molar-refractivity contribution in [1.29, 1.82) is 0 Å². The fraction of sp³-hybridized carbons (Fsp3) is 0.600. The van der Waals surface area contributed by atoms with E-state index in [9.17, 15) is 0 Å². The van der Waals surface area contributed by atoms with Crippen molar-refractivity contribution >= 4 is 31.8 Å². The molecule has 0 heterocycles. The number of hydrogen-bond acceptors (Lipinski definition) is 0. The van der Waals surface area contributed by atoms with Crippen molar-refractivity contribution in [2.75, 3.05) is 0 Å². The van der Waals surface area contributed by atoms with E-state index in [-0.39, 0.29) is 24.8 Å². The summed E-state index contributed by atoms with van der Waals surface area (Å²) in [6.07, 6.45) is 12.7. The van der Waals surface area contributed by atoms with Gasteiger partial charge in [-0.05, 0) is 0 Å². The number of halogens is 2. The molecule has 0 radical (unpaired) electrons. The minimum absolute atomic E-state index is 0. The molecule has 0 atom stereocenters. The van der Waals surface area contributed by atoms with Gasteiger partial charge in [0.2, 0.25) is 0 Å². The van der Waals surface area contributed by atoms with E-state index in [4.69, 9.17) is 0 Å². The van der Waals surface area contributed by atoms with Gasteiger partial charge >= 0.3 is 141 Å². The number of rotatable bonds is 6. The van der Waals surface area contributed by atoms with Crippen LogP contribution in [-0.2, 0) is 17.1 Å². The fourth-order valence-corrected chi connectivity index (χ4v) is 27.8. The minimum Gasteiger partial charge on any atom is -0.147 e. The van der Waals surface area contributed by atoms with E-state index < -0.39 is 17.1 Å². The molecule has 2 rings (SSSR count). The summed E-state index contributed by atoms with van der Waals surface area (Å²) < 4.78 is 9.14. The third-order valence-corrected chi connectivity index (χ3v) is 30.7. The van der Waals surface area contributed by atoms with Crippen molar-refractivity contribution in [1.82, 2.24) is 0 Å². The summed E-state index contributed by atoms with van der Waals surface area (Å²) in [6.45, 7) is 11.8. The van der Waals surface area contributed by atoms with Gasteiger partial charge in [0.25, 0.3) is 0 Å². The molecule has 0 saturated heterocycles. The van der Waals surface area contributed by atoms with E-state index in [2.05, 4.69) is 56.1 Å². The first-order chi connectivity index (χ1) is 10.2. The third kappa shape index (κ3) is 4.87. The van der Waals surface area contributed by atoms with Gasteiger partial charge in [0, 0.05) is 0 Å². The second kappa shape index (κ2) is 9.02. The van der Waals surface area contributed by atoms with Crippen molar-refractivity contribution in [3.8, 4) is 0 Å². The van der Waals surface area contributed by atoms with E-state index in [1.807, 2.05) is 6.66 Å². The van der Waals surface area contributed by atoms with Crippen molar-refractivity contribution in [2.45, 2.75) is 75.6 Å². The van der Waals surface area contributed by atoms with Crippen LogP contribution in [0.5, 0.6) is 0 Å². The Morgan fingerprint density at radius 3 is 1.46 bits per heavy atom. The first-order valence-electron chi connectivity index (χ1n) is 9.04. The van der Waals surface area contributed by atoms with Gasteiger partial charge in [-0.2, -0.15) is 0 Å². The molecule has 0 amide bonds. The summed E-state index contributed by atoms with van der Waals surface area (Å²) in [5, 5.41) is 0. The maximum absolute atomic E-state index is 3.06. The van der Waals surface area contributed by atoms with Crippen molar-refractivity contribution < 1.29 is 17.1 Å². The predicted molar refractivity (Wildman–Crippen MR) is 115 cm³/mol. The largest absolute Gasteiger partial charge is 0.147 e. The summed E-state index contributed by atoms with van der Waals surface area (Å²) in [5.41, 5.74) is 6.60. The predicted octanol–water partition coefficient (Wildman–Crippen LogP) is 6.97. The van der Waals surface area contributed by atoms with Crippen LogP contribution in [0, 0.1) is 0 Å². The molecular formula is C20H36Cl2HfSi. The van der Waals surface area contributed by atoms with Gasteiger partial charge < -0.3 is 0 Å². The van der Waals surface area contributed by atoms with Gasteiger partial charge in [-0.25, -0.2) is 0 Å². The molecule has 0 saturated carbocycles. The van der Waals surface area contributed by atoms with Crippen LogP contribution >= 0.6 is 24.8 Å². The standard InChI is InChI=1S/2C9H13.2CH3.2ClH.Hf.H2Si/c2*1-3-4-9-6-5-8(2)7-9;;;;;;/h2*7H,3-4,6H2,1-2H3;2*1H3;2*1H;;1H2. The minimum atomic E-state index is -3.06. The van der Waals surface area contributed by atoms with Crippen LogP contribution in [0.25, 0.3) is 0 Å². The van der Waals surface area contributed by atoms with Gasteiger partial charge in [-0.3, -0.25) is 0 Å². The van der Waals surface area contributed by atoms with Crippen LogP contribution in [0.2, 0.25) is 9.36 Å². The van der Waals surface area contributed by atoms with Gasteiger partial charge in [-0.15, -0.1) is 24.8 Å². The van der Waals surface area contributed by atoms with E-state index in [0.717, 1.165) is 0 Å². The molecule has 0 spiro atoms. The Labute approximate surface area is 164 Å². The second-order valence-electron chi connectivity index (χ2n) is 8.47. The molecule has 138 valence electrons. The molecule has 0 bridgehead atoms. The molecule has 2 aliphatic carbocycles. The summed E-state index contributed by atoms with van der Waals surface area (Å²) in [5.74, 6) is 0. The zero-order chi connectivity index (χ0) is 16.6. The van der Waals surface area contributed by atoms with Gasteiger partial charge in [-0.1, -0.05) is 0 Å². The zero-order valence-electron chi connectivity index (χ0n) is 16.4. The maximum atomic E-state index is 2.69. The molecule has 0 aromatic rings. The summed E-state index contributed by atoms with van der Waals surface area (Å²) >= 11 is -3.06. The summed E-state index contributed by atoms with van der Waals surface area (Å²) in [7, 11) is 0. The SMILES string of the molecule is CCCC1=CC(C)=[C]([Hf]([CH3])([CH3])(=[SiH2])[C]2=C(C)C=C(CCC)C2)C1.Cl.Cl. The molecule has 0 aromatic heterocycles. The molecule has 0 aromatic carbocycles. The summed E-state index contributed by atoms with van der Waals surface area (Å²) in [4.78, 5) is 0. The molecule has 0 aliphatic heterocycles. The maximum Gasteiger partial charge on any atom is -0.147 e. The second-order valence-corrected chi connectivity index (χ2v) is 49.5. The van der Waals surface area contributed by atoms with Gasteiger partial charge in [0.05, 0.1) is 0 Å². The Hall–Kier alpha value is 0.627. The molecule has 0 unspecified atom stereocenters. The van der Waals surface area contributed by atoms with Crippen LogP contribution in [0.4, 0.5) is 0 Å². The Morgan fingerprint density at radius 1 is 0.833 bits per heavy atom. The van der Waals surface area contributed by atoms with E-state index in [1.54, 1.807) is 22.3 Å². The molecular weight excluding hydrogens is 518 g/mol. The Balaban J connectivity index is 0.00000264. The van der Waals surface area contributed by atoms with E-state index in [0.29, 0.717) is 0 Å². The molecule has 0 nitrogen and oxygen atoms in total. The molecule has 0 fully saturated rings. The first kappa shape index (κ1) is 24.6. The molecule has 24 heavy (non-hydrogen) atoms. The Kier molecular flexibility index (Phi) is 9.25. The Bertz CT molecular complexity index is 620. The zero-order valence-corrected chi connectivity index (χ0v) is 23.1. The topological polar surface area (TPSA) is 0 Å². The smallest absolute Gasteiger partial charge is 0.147 e. The van der Waals surface area contributed by atoms with Crippen LogP contribution in [-0.4, -0.2) is 6.94 Å². The summed E-state index contributed by atoms with van der Waals surface area (Å²) in [6, 6.07) is 0. The average Bonchev–Trinajstić information content (AvgIpc) is 2.95. The third-order valence-electron chi connectivity index (χ3n) is 5.68. The van der Waals surface area contributed by atoms with Crippen molar-refractivity contribution in [3.63, 3.8) is 0 Å². The van der Waals surface area contributed by atoms with Gasteiger partial charge in [0.1, 0.15) is 0 Å². The number of hydrogen-bond donors (Lipinski definition) is 0.